The van der Waals surface area contributed by atoms with E-state index in [-0.39, 0.29) is 13.4 Å². The fourth-order valence-electron chi connectivity index (χ4n) is 2.69. The average Bonchev–Trinajstić information content (AvgIpc) is 3.23. The SMILES string of the molecule is OCC[n+]1c(-c2ccc3c(c2)OCO3)csc1Nc1ccccc1. The van der Waals surface area contributed by atoms with E-state index in [0.29, 0.717) is 6.54 Å². The minimum atomic E-state index is 0.0718. The number of para-hydroxylation sites is 1. The number of thiazole rings is 1. The number of nitrogens with one attached hydrogen (secondary N) is 1. The van der Waals surface area contributed by atoms with Gasteiger partial charge in [0.1, 0.15) is 17.9 Å². The maximum absolute atomic E-state index is 9.47. The molecule has 4 rings (SSSR count). The van der Waals surface area contributed by atoms with Crippen LogP contribution >= 0.6 is 11.3 Å². The second kappa shape index (κ2) is 6.51. The van der Waals surface area contributed by atoms with Gasteiger partial charge in [0.15, 0.2) is 11.5 Å². The Morgan fingerprint density at radius 1 is 1.08 bits per heavy atom. The molecular formula is C18H17N2O3S+. The molecule has 1 aliphatic rings. The molecule has 6 heteroatoms. The summed E-state index contributed by atoms with van der Waals surface area (Å²) in [7, 11) is 0. The average molecular weight is 341 g/mol. The van der Waals surface area contributed by atoms with Crippen LogP contribution in [0.5, 0.6) is 11.5 Å². The first-order valence-electron chi connectivity index (χ1n) is 7.69. The number of hydrogen-bond donors (Lipinski definition) is 2. The van der Waals surface area contributed by atoms with E-state index in [1.165, 1.54) is 0 Å². The summed E-state index contributed by atoms with van der Waals surface area (Å²) in [4.78, 5) is 0. The van der Waals surface area contributed by atoms with Gasteiger partial charge in [-0.2, -0.15) is 0 Å². The lowest BCUT2D eigenvalue weighted by Crippen LogP contribution is -2.38. The first-order chi connectivity index (χ1) is 11.8. The van der Waals surface area contributed by atoms with Crippen molar-refractivity contribution in [3.05, 3.63) is 53.9 Å². The van der Waals surface area contributed by atoms with E-state index in [1.54, 1.807) is 11.3 Å². The predicted octanol–water partition coefficient (Wildman–Crippen LogP) is 3.17. The van der Waals surface area contributed by atoms with Gasteiger partial charge in [0, 0.05) is 10.9 Å². The van der Waals surface area contributed by atoms with Crippen LogP contribution in [0, 0.1) is 0 Å². The van der Waals surface area contributed by atoms with E-state index in [0.717, 1.165) is 33.6 Å². The third-order valence-corrected chi connectivity index (χ3v) is 4.72. The Bertz CT molecular complexity index is 849. The highest BCUT2D eigenvalue weighted by Gasteiger charge is 2.21. The molecule has 2 aromatic carbocycles. The minimum Gasteiger partial charge on any atom is -0.454 e. The van der Waals surface area contributed by atoms with E-state index in [2.05, 4.69) is 15.3 Å². The maximum atomic E-state index is 9.47. The zero-order chi connectivity index (χ0) is 16.4. The maximum Gasteiger partial charge on any atom is 0.339 e. The van der Waals surface area contributed by atoms with Crippen molar-refractivity contribution in [2.75, 3.05) is 18.7 Å². The summed E-state index contributed by atoms with van der Waals surface area (Å²) in [6, 6.07) is 15.9. The Morgan fingerprint density at radius 3 is 2.75 bits per heavy atom. The standard InChI is InChI=1S/C18H16N2O3S/c21-9-8-20-15(13-6-7-16-17(10-13)23-12-22-16)11-24-18(20)19-14-4-2-1-3-5-14/h1-7,10-11,21H,8-9,12H2/p+1. The first kappa shape index (κ1) is 15.0. The quantitative estimate of drug-likeness (QED) is 0.700. The Labute approximate surface area is 143 Å². The summed E-state index contributed by atoms with van der Waals surface area (Å²) in [6.45, 7) is 0.852. The molecule has 1 aromatic heterocycles. The Hall–Kier alpha value is -2.57. The number of nitrogens with zero attached hydrogens (tertiary/aromatic N) is 1. The number of aromatic nitrogens is 1. The molecule has 1 aliphatic heterocycles. The second-order valence-electron chi connectivity index (χ2n) is 5.36. The van der Waals surface area contributed by atoms with Gasteiger partial charge in [-0.05, 0) is 30.3 Å². The number of benzene rings is 2. The lowest BCUT2D eigenvalue weighted by atomic mass is 10.1. The highest BCUT2D eigenvalue weighted by atomic mass is 32.1. The Morgan fingerprint density at radius 2 is 1.92 bits per heavy atom. The number of aliphatic hydroxyl groups is 1. The lowest BCUT2D eigenvalue weighted by Gasteiger charge is -2.06. The normalized spacial score (nSPS) is 12.4. The van der Waals surface area contributed by atoms with Crippen molar-refractivity contribution in [3.8, 4) is 22.8 Å². The lowest BCUT2D eigenvalue weighted by molar-refractivity contribution is -0.669. The van der Waals surface area contributed by atoms with E-state index in [4.69, 9.17) is 9.47 Å². The molecular weight excluding hydrogens is 324 g/mol. The molecule has 0 saturated carbocycles. The van der Waals surface area contributed by atoms with Gasteiger partial charge in [-0.1, -0.05) is 29.5 Å². The molecule has 24 heavy (non-hydrogen) atoms. The summed E-state index contributed by atoms with van der Waals surface area (Å²) >= 11 is 1.61. The number of fused-ring (bicyclic) bond motifs is 1. The Kier molecular flexibility index (Phi) is 4.06. The molecule has 0 aliphatic carbocycles. The van der Waals surface area contributed by atoms with Crippen molar-refractivity contribution in [1.29, 1.82) is 0 Å². The van der Waals surface area contributed by atoms with Crippen molar-refractivity contribution >= 4 is 22.2 Å². The number of hydrogen-bond acceptors (Lipinski definition) is 5. The highest BCUT2D eigenvalue weighted by Crippen LogP contribution is 2.36. The van der Waals surface area contributed by atoms with E-state index < -0.39 is 0 Å². The molecule has 122 valence electrons. The fourth-order valence-corrected chi connectivity index (χ4v) is 3.67. The smallest absolute Gasteiger partial charge is 0.339 e. The summed E-state index contributed by atoms with van der Waals surface area (Å²) in [5.41, 5.74) is 3.08. The van der Waals surface area contributed by atoms with Crippen molar-refractivity contribution in [1.82, 2.24) is 0 Å². The fraction of sp³-hybridized carbons (Fsp3) is 0.167. The van der Waals surface area contributed by atoms with E-state index in [9.17, 15) is 5.11 Å². The molecule has 2 N–H and O–H groups in total. The molecule has 2 heterocycles. The number of anilines is 2. The number of aliphatic hydroxyl groups excluding tert-OH is 1. The van der Waals surface area contributed by atoms with Crippen LogP contribution in [-0.4, -0.2) is 18.5 Å². The van der Waals surface area contributed by atoms with Gasteiger partial charge in [0.05, 0.1) is 6.61 Å². The van der Waals surface area contributed by atoms with Crippen molar-refractivity contribution in [2.24, 2.45) is 0 Å². The molecule has 0 saturated heterocycles. The van der Waals surface area contributed by atoms with Crippen LogP contribution < -0.4 is 19.4 Å². The minimum absolute atomic E-state index is 0.0718. The molecule has 5 nitrogen and oxygen atoms in total. The van der Waals surface area contributed by atoms with Crippen LogP contribution in [0.3, 0.4) is 0 Å². The molecule has 0 unspecified atom stereocenters. The molecule has 0 spiro atoms. The first-order valence-corrected chi connectivity index (χ1v) is 8.57. The molecule has 0 radical (unpaired) electrons. The zero-order valence-corrected chi connectivity index (χ0v) is 13.8. The third kappa shape index (κ3) is 2.81. The molecule has 0 bridgehead atoms. The number of ether oxygens (including phenoxy) is 2. The summed E-state index contributed by atoms with van der Waals surface area (Å²) in [6.07, 6.45) is 0. The van der Waals surface area contributed by atoms with Gasteiger partial charge in [-0.3, -0.25) is 0 Å². The topological polar surface area (TPSA) is 54.6 Å². The molecule has 0 fully saturated rings. The third-order valence-electron chi connectivity index (χ3n) is 3.84. The zero-order valence-electron chi connectivity index (χ0n) is 12.9. The van der Waals surface area contributed by atoms with Crippen molar-refractivity contribution in [2.45, 2.75) is 6.54 Å². The van der Waals surface area contributed by atoms with Gasteiger partial charge in [-0.25, -0.2) is 9.88 Å². The number of rotatable bonds is 5. The van der Waals surface area contributed by atoms with Gasteiger partial charge in [-0.15, -0.1) is 0 Å². The van der Waals surface area contributed by atoms with Gasteiger partial charge in [0.25, 0.3) is 0 Å². The van der Waals surface area contributed by atoms with Crippen molar-refractivity contribution < 1.29 is 19.1 Å². The highest BCUT2D eigenvalue weighted by molar-refractivity contribution is 7.13. The second-order valence-corrected chi connectivity index (χ2v) is 6.22. The largest absolute Gasteiger partial charge is 0.454 e. The molecule has 0 atom stereocenters. The molecule has 0 amide bonds. The van der Waals surface area contributed by atoms with Crippen LogP contribution in [0.25, 0.3) is 11.3 Å². The predicted molar refractivity (Wildman–Crippen MR) is 92.9 cm³/mol. The van der Waals surface area contributed by atoms with Gasteiger partial charge >= 0.3 is 5.13 Å². The van der Waals surface area contributed by atoms with Crippen molar-refractivity contribution in [3.63, 3.8) is 0 Å². The van der Waals surface area contributed by atoms with Crippen LogP contribution in [0.4, 0.5) is 10.8 Å². The van der Waals surface area contributed by atoms with E-state index >= 15 is 0 Å². The van der Waals surface area contributed by atoms with Crippen LogP contribution in [0.2, 0.25) is 0 Å². The Balaban J connectivity index is 1.71. The van der Waals surface area contributed by atoms with E-state index in [1.807, 2.05) is 48.5 Å². The van der Waals surface area contributed by atoms with Crippen LogP contribution in [-0.2, 0) is 6.54 Å². The summed E-state index contributed by atoms with van der Waals surface area (Å²) in [5, 5.41) is 15.9. The van der Waals surface area contributed by atoms with Gasteiger partial charge in [0.2, 0.25) is 6.79 Å². The summed E-state index contributed by atoms with van der Waals surface area (Å²) < 4.78 is 12.9. The van der Waals surface area contributed by atoms with Crippen LogP contribution in [0.15, 0.2) is 53.9 Å². The van der Waals surface area contributed by atoms with Gasteiger partial charge < -0.3 is 14.6 Å². The monoisotopic (exact) mass is 341 g/mol. The molecule has 3 aromatic rings. The summed E-state index contributed by atoms with van der Waals surface area (Å²) in [5.74, 6) is 1.53. The van der Waals surface area contributed by atoms with Crippen LogP contribution in [0.1, 0.15) is 0 Å².